The van der Waals surface area contributed by atoms with Gasteiger partial charge in [-0.2, -0.15) is 0 Å². The summed E-state index contributed by atoms with van der Waals surface area (Å²) in [4.78, 5) is 0. The highest BCUT2D eigenvalue weighted by Crippen LogP contribution is 2.11. The zero-order valence-electron chi connectivity index (χ0n) is 6.96. The van der Waals surface area contributed by atoms with Crippen molar-refractivity contribution in [1.82, 2.24) is 5.43 Å². The van der Waals surface area contributed by atoms with Crippen molar-refractivity contribution in [1.29, 1.82) is 0 Å². The van der Waals surface area contributed by atoms with Gasteiger partial charge >= 0.3 is 0 Å². The molecule has 0 aliphatic carbocycles. The van der Waals surface area contributed by atoms with E-state index in [2.05, 4.69) is 36.6 Å². The Kier molecular flexibility index (Phi) is 2.63. The molecule has 0 aromatic heterocycles. The molecule has 2 nitrogen and oxygen atoms in total. The van der Waals surface area contributed by atoms with Crippen LogP contribution in [0.5, 0.6) is 0 Å². The molecule has 1 atom stereocenters. The van der Waals surface area contributed by atoms with Crippen molar-refractivity contribution in [2.75, 3.05) is 0 Å². The van der Waals surface area contributed by atoms with Crippen LogP contribution < -0.4 is 11.3 Å². The second-order valence-electron chi connectivity index (χ2n) is 2.80. The zero-order valence-corrected chi connectivity index (χ0v) is 6.96. The lowest BCUT2D eigenvalue weighted by molar-refractivity contribution is 0.602. The highest BCUT2D eigenvalue weighted by molar-refractivity contribution is 5.23. The Morgan fingerprint density at radius 2 is 1.82 bits per heavy atom. The predicted molar refractivity (Wildman–Crippen MR) is 46.9 cm³/mol. The number of hydrogen-bond acceptors (Lipinski definition) is 2. The van der Waals surface area contributed by atoms with Gasteiger partial charge in [0.1, 0.15) is 0 Å². The normalized spacial score (nSPS) is 13.0. The van der Waals surface area contributed by atoms with Crippen LogP contribution in [0.15, 0.2) is 24.3 Å². The standard InChI is InChI=1S/C9H14N2/c1-7-3-5-9(6-4-7)8(2)11-10/h3-6,8,11H,10H2,1-2H3/t8-/m0/s1. The van der Waals surface area contributed by atoms with Gasteiger partial charge in [0, 0.05) is 6.04 Å². The van der Waals surface area contributed by atoms with Crippen molar-refractivity contribution in [3.8, 4) is 0 Å². The van der Waals surface area contributed by atoms with Crippen molar-refractivity contribution in [3.63, 3.8) is 0 Å². The molecule has 11 heavy (non-hydrogen) atoms. The Labute approximate surface area is 67.4 Å². The van der Waals surface area contributed by atoms with Gasteiger partial charge in [0.05, 0.1) is 0 Å². The van der Waals surface area contributed by atoms with Crippen molar-refractivity contribution in [2.24, 2.45) is 5.84 Å². The summed E-state index contributed by atoms with van der Waals surface area (Å²) in [6.07, 6.45) is 0. The van der Waals surface area contributed by atoms with E-state index in [0.29, 0.717) is 0 Å². The number of hydrazine groups is 1. The highest BCUT2D eigenvalue weighted by atomic mass is 15.2. The molecule has 1 rings (SSSR count). The number of aryl methyl sites for hydroxylation is 1. The molecule has 0 heterocycles. The zero-order chi connectivity index (χ0) is 8.27. The van der Waals surface area contributed by atoms with Crippen LogP contribution in [0, 0.1) is 6.92 Å². The van der Waals surface area contributed by atoms with Gasteiger partial charge in [-0.05, 0) is 19.4 Å². The lowest BCUT2D eigenvalue weighted by atomic mass is 10.1. The number of nitrogens with one attached hydrogen (secondary N) is 1. The van der Waals surface area contributed by atoms with Gasteiger partial charge in [-0.1, -0.05) is 29.8 Å². The molecule has 1 aromatic rings. The summed E-state index contributed by atoms with van der Waals surface area (Å²) < 4.78 is 0. The first-order valence-electron chi connectivity index (χ1n) is 3.76. The summed E-state index contributed by atoms with van der Waals surface area (Å²) in [6.45, 7) is 4.11. The first-order valence-corrected chi connectivity index (χ1v) is 3.76. The number of nitrogens with two attached hydrogens (primary N) is 1. The molecule has 3 N–H and O–H groups in total. The monoisotopic (exact) mass is 150 g/mol. The first kappa shape index (κ1) is 8.24. The maximum Gasteiger partial charge on any atom is 0.0431 e. The van der Waals surface area contributed by atoms with E-state index in [4.69, 9.17) is 5.84 Å². The molecule has 0 amide bonds. The minimum atomic E-state index is 0.232. The van der Waals surface area contributed by atoms with Crippen molar-refractivity contribution >= 4 is 0 Å². The van der Waals surface area contributed by atoms with E-state index in [-0.39, 0.29) is 6.04 Å². The van der Waals surface area contributed by atoms with Crippen LogP contribution in [-0.2, 0) is 0 Å². The van der Waals surface area contributed by atoms with Crippen LogP contribution in [0.4, 0.5) is 0 Å². The van der Waals surface area contributed by atoms with Gasteiger partial charge in [-0.15, -0.1) is 0 Å². The average Bonchev–Trinajstić information content (AvgIpc) is 2.05. The molecule has 0 unspecified atom stereocenters. The smallest absolute Gasteiger partial charge is 0.0431 e. The summed E-state index contributed by atoms with van der Waals surface area (Å²) in [5.74, 6) is 5.29. The molecule has 1 aromatic carbocycles. The van der Waals surface area contributed by atoms with Gasteiger partial charge in [0.2, 0.25) is 0 Å². The molecular formula is C9H14N2. The molecule has 0 spiro atoms. The number of rotatable bonds is 2. The third-order valence-corrected chi connectivity index (χ3v) is 1.83. The fourth-order valence-corrected chi connectivity index (χ4v) is 0.951. The predicted octanol–water partition coefficient (Wildman–Crippen LogP) is 1.52. The topological polar surface area (TPSA) is 38.0 Å². The Balaban J connectivity index is 2.81. The number of benzene rings is 1. The van der Waals surface area contributed by atoms with E-state index >= 15 is 0 Å². The van der Waals surface area contributed by atoms with E-state index < -0.39 is 0 Å². The largest absolute Gasteiger partial charge is 0.271 e. The second kappa shape index (κ2) is 3.51. The van der Waals surface area contributed by atoms with Gasteiger partial charge in [-0.3, -0.25) is 11.3 Å². The van der Waals surface area contributed by atoms with Gasteiger partial charge in [0.15, 0.2) is 0 Å². The van der Waals surface area contributed by atoms with Crippen LogP contribution >= 0.6 is 0 Å². The van der Waals surface area contributed by atoms with Crippen molar-refractivity contribution in [2.45, 2.75) is 19.9 Å². The molecule has 0 aliphatic heterocycles. The molecule has 0 radical (unpaired) electrons. The first-order chi connectivity index (χ1) is 5.24. The lowest BCUT2D eigenvalue weighted by Crippen LogP contribution is -2.25. The molecule has 0 fully saturated rings. The van der Waals surface area contributed by atoms with E-state index in [0.717, 1.165) is 0 Å². The van der Waals surface area contributed by atoms with Crippen molar-refractivity contribution < 1.29 is 0 Å². The molecular weight excluding hydrogens is 136 g/mol. The van der Waals surface area contributed by atoms with Crippen LogP contribution in [0.1, 0.15) is 24.1 Å². The summed E-state index contributed by atoms with van der Waals surface area (Å²) >= 11 is 0. The molecule has 2 heteroatoms. The Morgan fingerprint density at radius 3 is 2.27 bits per heavy atom. The van der Waals surface area contributed by atoms with Crippen LogP contribution in [-0.4, -0.2) is 0 Å². The van der Waals surface area contributed by atoms with Gasteiger partial charge in [0.25, 0.3) is 0 Å². The summed E-state index contributed by atoms with van der Waals surface area (Å²) in [7, 11) is 0. The van der Waals surface area contributed by atoms with Crippen molar-refractivity contribution in [3.05, 3.63) is 35.4 Å². The average molecular weight is 150 g/mol. The summed E-state index contributed by atoms with van der Waals surface area (Å²) in [5.41, 5.74) is 5.20. The Bertz CT molecular complexity index is 216. The maximum atomic E-state index is 5.29. The van der Waals surface area contributed by atoms with E-state index in [1.54, 1.807) is 0 Å². The third-order valence-electron chi connectivity index (χ3n) is 1.83. The molecule has 0 aliphatic rings. The lowest BCUT2D eigenvalue weighted by Gasteiger charge is -2.09. The van der Waals surface area contributed by atoms with Crippen LogP contribution in [0.3, 0.4) is 0 Å². The summed E-state index contributed by atoms with van der Waals surface area (Å²) in [5, 5.41) is 0. The second-order valence-corrected chi connectivity index (χ2v) is 2.80. The Morgan fingerprint density at radius 1 is 1.27 bits per heavy atom. The van der Waals surface area contributed by atoms with Gasteiger partial charge in [-0.25, -0.2) is 0 Å². The summed E-state index contributed by atoms with van der Waals surface area (Å²) in [6, 6.07) is 8.57. The van der Waals surface area contributed by atoms with E-state index in [9.17, 15) is 0 Å². The quantitative estimate of drug-likeness (QED) is 0.495. The van der Waals surface area contributed by atoms with Crippen LogP contribution in [0.25, 0.3) is 0 Å². The van der Waals surface area contributed by atoms with E-state index in [1.807, 2.05) is 6.92 Å². The Hall–Kier alpha value is -0.860. The molecule has 60 valence electrons. The molecule has 0 bridgehead atoms. The molecule has 0 saturated heterocycles. The fourth-order valence-electron chi connectivity index (χ4n) is 0.951. The fraction of sp³-hybridized carbons (Fsp3) is 0.333. The minimum absolute atomic E-state index is 0.232. The third kappa shape index (κ3) is 2.03. The maximum absolute atomic E-state index is 5.29. The molecule has 0 saturated carbocycles. The van der Waals surface area contributed by atoms with Gasteiger partial charge < -0.3 is 0 Å². The highest BCUT2D eigenvalue weighted by Gasteiger charge is 1.99. The van der Waals surface area contributed by atoms with E-state index in [1.165, 1.54) is 11.1 Å². The van der Waals surface area contributed by atoms with Crippen LogP contribution in [0.2, 0.25) is 0 Å². The SMILES string of the molecule is Cc1ccc([C@H](C)NN)cc1. The number of hydrogen-bond donors (Lipinski definition) is 2. The minimum Gasteiger partial charge on any atom is -0.271 e.